The first-order valence-corrected chi connectivity index (χ1v) is 5.44. The number of carboxylic acids is 1. The standard InChI is InChI=1S/C13H19NO2/c1-5-14(4)13(3,12(15)16)11-8-6-10(2)7-9-11/h6-9H,5H2,1-4H3,(H,15,16). The minimum atomic E-state index is -0.956. The third kappa shape index (κ3) is 2.09. The van der Waals surface area contributed by atoms with Crippen molar-refractivity contribution in [2.24, 2.45) is 0 Å². The molecule has 1 atom stereocenters. The zero-order valence-electron chi connectivity index (χ0n) is 10.3. The zero-order valence-corrected chi connectivity index (χ0v) is 10.3. The second kappa shape index (κ2) is 4.66. The van der Waals surface area contributed by atoms with Crippen LogP contribution in [0.3, 0.4) is 0 Å². The van der Waals surface area contributed by atoms with Gasteiger partial charge in [-0.05, 0) is 33.0 Å². The van der Waals surface area contributed by atoms with E-state index in [1.165, 1.54) is 0 Å². The monoisotopic (exact) mass is 221 g/mol. The zero-order chi connectivity index (χ0) is 12.3. The van der Waals surface area contributed by atoms with E-state index in [2.05, 4.69) is 0 Å². The normalized spacial score (nSPS) is 14.8. The van der Waals surface area contributed by atoms with Crippen LogP contribution in [0.2, 0.25) is 0 Å². The van der Waals surface area contributed by atoms with Gasteiger partial charge in [0.2, 0.25) is 0 Å². The molecule has 1 aromatic rings. The first-order chi connectivity index (χ1) is 7.42. The third-order valence-electron chi connectivity index (χ3n) is 3.27. The van der Waals surface area contributed by atoms with Crippen LogP contribution in [0.1, 0.15) is 25.0 Å². The average Bonchev–Trinajstić information content (AvgIpc) is 2.27. The van der Waals surface area contributed by atoms with Crippen molar-refractivity contribution in [1.29, 1.82) is 0 Å². The molecule has 3 nitrogen and oxygen atoms in total. The highest BCUT2D eigenvalue weighted by Crippen LogP contribution is 2.27. The molecule has 0 bridgehead atoms. The summed E-state index contributed by atoms with van der Waals surface area (Å²) < 4.78 is 0. The van der Waals surface area contributed by atoms with E-state index in [-0.39, 0.29) is 0 Å². The van der Waals surface area contributed by atoms with E-state index in [0.717, 1.165) is 11.1 Å². The molecule has 1 aromatic carbocycles. The maximum Gasteiger partial charge on any atom is 0.328 e. The van der Waals surface area contributed by atoms with Crippen molar-refractivity contribution in [3.63, 3.8) is 0 Å². The summed E-state index contributed by atoms with van der Waals surface area (Å²) in [5, 5.41) is 9.42. The van der Waals surface area contributed by atoms with Gasteiger partial charge in [-0.3, -0.25) is 4.90 Å². The molecule has 0 aliphatic carbocycles. The molecule has 1 rings (SSSR count). The Kier molecular flexibility index (Phi) is 3.70. The van der Waals surface area contributed by atoms with Crippen molar-refractivity contribution in [3.8, 4) is 0 Å². The number of likely N-dealkylation sites (N-methyl/N-ethyl adjacent to an activating group) is 1. The lowest BCUT2D eigenvalue weighted by atomic mass is 9.90. The molecule has 0 saturated carbocycles. The second-order valence-electron chi connectivity index (χ2n) is 4.26. The molecule has 0 spiro atoms. The largest absolute Gasteiger partial charge is 0.480 e. The van der Waals surface area contributed by atoms with E-state index in [9.17, 15) is 9.90 Å². The minimum absolute atomic E-state index is 0.691. The molecule has 0 aliphatic heterocycles. The van der Waals surface area contributed by atoms with Gasteiger partial charge in [0.15, 0.2) is 0 Å². The lowest BCUT2D eigenvalue weighted by Gasteiger charge is -2.34. The van der Waals surface area contributed by atoms with E-state index in [0.29, 0.717) is 6.54 Å². The summed E-state index contributed by atoms with van der Waals surface area (Å²) in [5.41, 5.74) is 0.994. The molecular formula is C13H19NO2. The summed E-state index contributed by atoms with van der Waals surface area (Å²) in [4.78, 5) is 13.3. The Morgan fingerprint density at radius 2 is 1.88 bits per heavy atom. The Hall–Kier alpha value is -1.35. The van der Waals surface area contributed by atoms with Crippen molar-refractivity contribution < 1.29 is 9.90 Å². The van der Waals surface area contributed by atoms with E-state index >= 15 is 0 Å². The fourth-order valence-electron chi connectivity index (χ4n) is 1.70. The minimum Gasteiger partial charge on any atom is -0.480 e. The molecule has 0 aromatic heterocycles. The van der Waals surface area contributed by atoms with Crippen LogP contribution in [0, 0.1) is 6.92 Å². The number of aliphatic carboxylic acids is 1. The van der Waals surface area contributed by atoms with Crippen LogP contribution in [0.5, 0.6) is 0 Å². The molecule has 3 heteroatoms. The molecule has 88 valence electrons. The Labute approximate surface area is 96.7 Å². The summed E-state index contributed by atoms with van der Waals surface area (Å²) in [6, 6.07) is 7.66. The highest BCUT2D eigenvalue weighted by molar-refractivity contribution is 5.80. The number of nitrogens with zero attached hydrogens (tertiary/aromatic N) is 1. The summed E-state index contributed by atoms with van der Waals surface area (Å²) >= 11 is 0. The highest BCUT2D eigenvalue weighted by atomic mass is 16.4. The van der Waals surface area contributed by atoms with Crippen LogP contribution in [-0.4, -0.2) is 29.6 Å². The molecule has 0 heterocycles. The SMILES string of the molecule is CCN(C)C(C)(C(=O)O)c1ccc(C)cc1. The van der Waals surface area contributed by atoms with Gasteiger partial charge in [0, 0.05) is 0 Å². The van der Waals surface area contributed by atoms with Gasteiger partial charge >= 0.3 is 5.97 Å². The fraction of sp³-hybridized carbons (Fsp3) is 0.462. The van der Waals surface area contributed by atoms with Crippen LogP contribution in [0.15, 0.2) is 24.3 Å². The molecule has 0 fully saturated rings. The number of aryl methyl sites for hydroxylation is 1. The number of benzene rings is 1. The number of carboxylic acid groups (broad SMARTS) is 1. The van der Waals surface area contributed by atoms with Gasteiger partial charge in [-0.25, -0.2) is 4.79 Å². The van der Waals surface area contributed by atoms with Gasteiger partial charge < -0.3 is 5.11 Å². The summed E-state index contributed by atoms with van der Waals surface area (Å²) in [7, 11) is 1.83. The van der Waals surface area contributed by atoms with E-state index in [1.54, 1.807) is 6.92 Å². The predicted octanol–water partition coefficient (Wildman–Crippen LogP) is 2.25. The summed E-state index contributed by atoms with van der Waals surface area (Å²) in [5.74, 6) is -0.819. The second-order valence-corrected chi connectivity index (χ2v) is 4.26. The third-order valence-corrected chi connectivity index (χ3v) is 3.27. The van der Waals surface area contributed by atoms with E-state index in [4.69, 9.17) is 0 Å². The molecule has 0 saturated heterocycles. The lowest BCUT2D eigenvalue weighted by molar-refractivity contribution is -0.150. The molecule has 1 unspecified atom stereocenters. The van der Waals surface area contributed by atoms with Crippen LogP contribution in [-0.2, 0) is 10.3 Å². The predicted molar refractivity (Wildman–Crippen MR) is 64.5 cm³/mol. The van der Waals surface area contributed by atoms with Gasteiger partial charge in [0.05, 0.1) is 0 Å². The van der Waals surface area contributed by atoms with Crippen LogP contribution in [0.25, 0.3) is 0 Å². The smallest absolute Gasteiger partial charge is 0.328 e. The molecule has 0 radical (unpaired) electrons. The Balaban J connectivity index is 3.21. The first kappa shape index (κ1) is 12.7. The van der Waals surface area contributed by atoms with Gasteiger partial charge in [0.1, 0.15) is 5.54 Å². The van der Waals surface area contributed by atoms with Crippen molar-refractivity contribution in [3.05, 3.63) is 35.4 Å². The van der Waals surface area contributed by atoms with Crippen molar-refractivity contribution in [1.82, 2.24) is 4.90 Å². The average molecular weight is 221 g/mol. The van der Waals surface area contributed by atoms with Crippen LogP contribution < -0.4 is 0 Å². The van der Waals surface area contributed by atoms with Crippen molar-refractivity contribution in [2.45, 2.75) is 26.3 Å². The van der Waals surface area contributed by atoms with Gasteiger partial charge in [-0.1, -0.05) is 36.8 Å². The van der Waals surface area contributed by atoms with Crippen molar-refractivity contribution >= 4 is 5.97 Å². The quantitative estimate of drug-likeness (QED) is 0.847. The molecule has 0 amide bonds. The van der Waals surface area contributed by atoms with E-state index in [1.807, 2.05) is 50.1 Å². The first-order valence-electron chi connectivity index (χ1n) is 5.44. The number of rotatable bonds is 4. The van der Waals surface area contributed by atoms with Crippen molar-refractivity contribution in [2.75, 3.05) is 13.6 Å². The Morgan fingerprint density at radius 1 is 1.38 bits per heavy atom. The molecular weight excluding hydrogens is 202 g/mol. The van der Waals surface area contributed by atoms with E-state index < -0.39 is 11.5 Å². The number of hydrogen-bond acceptors (Lipinski definition) is 2. The summed E-state index contributed by atoms with van der Waals surface area (Å²) in [6.45, 7) is 6.38. The molecule has 1 N–H and O–H groups in total. The van der Waals surface area contributed by atoms with Gasteiger partial charge in [0.25, 0.3) is 0 Å². The fourth-order valence-corrected chi connectivity index (χ4v) is 1.70. The number of carbonyl (C=O) groups is 1. The lowest BCUT2D eigenvalue weighted by Crippen LogP contribution is -2.47. The van der Waals surface area contributed by atoms with Gasteiger partial charge in [-0.15, -0.1) is 0 Å². The topological polar surface area (TPSA) is 40.5 Å². The van der Waals surface area contributed by atoms with Crippen LogP contribution >= 0.6 is 0 Å². The maximum absolute atomic E-state index is 11.5. The highest BCUT2D eigenvalue weighted by Gasteiger charge is 2.38. The molecule has 16 heavy (non-hydrogen) atoms. The Bertz CT molecular complexity index is 372. The summed E-state index contributed by atoms with van der Waals surface area (Å²) in [6.07, 6.45) is 0. The maximum atomic E-state index is 11.5. The number of hydrogen-bond donors (Lipinski definition) is 1. The molecule has 0 aliphatic rings. The Morgan fingerprint density at radius 3 is 2.25 bits per heavy atom. The van der Waals surface area contributed by atoms with Crippen LogP contribution in [0.4, 0.5) is 0 Å². The van der Waals surface area contributed by atoms with Gasteiger partial charge in [-0.2, -0.15) is 0 Å².